The molecule has 1 saturated heterocycles. The quantitative estimate of drug-likeness (QED) is 0.767. The third-order valence-corrected chi connectivity index (χ3v) is 4.16. The Labute approximate surface area is 161 Å². The molecular formula is C20H18N4O4. The summed E-state index contributed by atoms with van der Waals surface area (Å²) < 4.78 is 5.29. The maximum absolute atomic E-state index is 12.2. The van der Waals surface area contributed by atoms with Gasteiger partial charge in [0.05, 0.1) is 11.6 Å². The summed E-state index contributed by atoms with van der Waals surface area (Å²) in [7, 11) is 0. The molecule has 2 aromatic rings. The van der Waals surface area contributed by atoms with Crippen LogP contribution in [-0.2, 0) is 9.59 Å². The van der Waals surface area contributed by atoms with Crippen molar-refractivity contribution in [3.8, 4) is 11.8 Å². The second-order valence-corrected chi connectivity index (χ2v) is 6.13. The first kappa shape index (κ1) is 18.9. The molecule has 0 spiro atoms. The number of hydrogen-bond acceptors (Lipinski definition) is 5. The van der Waals surface area contributed by atoms with Crippen LogP contribution in [-0.4, -0.2) is 30.9 Å². The Balaban J connectivity index is 1.50. The molecule has 8 heteroatoms. The summed E-state index contributed by atoms with van der Waals surface area (Å²) in [6.07, 6.45) is 1.30. The van der Waals surface area contributed by atoms with E-state index in [4.69, 9.17) is 10.00 Å². The van der Waals surface area contributed by atoms with E-state index in [9.17, 15) is 14.4 Å². The van der Waals surface area contributed by atoms with Crippen molar-refractivity contribution in [1.82, 2.24) is 10.9 Å². The number of anilines is 1. The number of carbonyl (C=O) groups is 3. The number of nitriles is 1. The Morgan fingerprint density at radius 1 is 1.14 bits per heavy atom. The van der Waals surface area contributed by atoms with Crippen LogP contribution in [0.1, 0.15) is 28.8 Å². The van der Waals surface area contributed by atoms with Crippen LogP contribution >= 0.6 is 0 Å². The van der Waals surface area contributed by atoms with Crippen LogP contribution in [0.15, 0.2) is 48.5 Å². The molecule has 1 fully saturated rings. The molecule has 0 radical (unpaired) electrons. The van der Waals surface area contributed by atoms with Crippen molar-refractivity contribution >= 4 is 23.4 Å². The number of nitrogens with one attached hydrogen (secondary N) is 2. The highest BCUT2D eigenvalue weighted by Gasteiger charge is 2.22. The summed E-state index contributed by atoms with van der Waals surface area (Å²) in [6, 6.07) is 15.0. The lowest BCUT2D eigenvalue weighted by Gasteiger charge is -2.16. The van der Waals surface area contributed by atoms with Crippen molar-refractivity contribution in [1.29, 1.82) is 5.26 Å². The highest BCUT2D eigenvalue weighted by Crippen LogP contribution is 2.22. The standard InChI is InChI=1S/C20H18N4O4/c21-12-14-6-8-17(9-7-14)28-13-18(25)22-23-20(27)15-3-1-4-16(11-15)24-10-2-5-19(24)26/h1,3-4,6-9,11H,2,5,10,13H2,(H,22,25)(H,23,27). The number of nitrogens with zero attached hydrogens (tertiary/aromatic N) is 2. The van der Waals surface area contributed by atoms with Gasteiger partial charge in [0.2, 0.25) is 5.91 Å². The number of benzene rings is 2. The average molecular weight is 378 g/mol. The molecule has 0 aliphatic carbocycles. The first-order valence-corrected chi connectivity index (χ1v) is 8.69. The molecule has 2 N–H and O–H groups in total. The van der Waals surface area contributed by atoms with Gasteiger partial charge in [0.25, 0.3) is 11.8 Å². The van der Waals surface area contributed by atoms with Gasteiger partial charge in [0, 0.05) is 24.2 Å². The van der Waals surface area contributed by atoms with Crippen molar-refractivity contribution in [2.45, 2.75) is 12.8 Å². The fourth-order valence-corrected chi connectivity index (χ4v) is 2.75. The number of hydrogen-bond donors (Lipinski definition) is 2. The molecular weight excluding hydrogens is 360 g/mol. The lowest BCUT2D eigenvalue weighted by atomic mass is 10.2. The predicted octanol–water partition coefficient (Wildman–Crippen LogP) is 1.53. The summed E-state index contributed by atoms with van der Waals surface area (Å²) in [5.74, 6) is -0.571. The molecule has 0 atom stereocenters. The summed E-state index contributed by atoms with van der Waals surface area (Å²) in [4.78, 5) is 37.6. The molecule has 0 unspecified atom stereocenters. The zero-order valence-electron chi connectivity index (χ0n) is 15.0. The zero-order chi connectivity index (χ0) is 19.9. The second kappa shape index (κ2) is 8.68. The molecule has 28 heavy (non-hydrogen) atoms. The van der Waals surface area contributed by atoms with Gasteiger partial charge < -0.3 is 9.64 Å². The number of amides is 3. The topological polar surface area (TPSA) is 112 Å². The van der Waals surface area contributed by atoms with Gasteiger partial charge in [-0.15, -0.1) is 0 Å². The Morgan fingerprint density at radius 2 is 1.93 bits per heavy atom. The Kier molecular flexibility index (Phi) is 5.87. The van der Waals surface area contributed by atoms with Gasteiger partial charge in [0.1, 0.15) is 5.75 Å². The molecule has 3 amide bonds. The van der Waals surface area contributed by atoms with Crippen molar-refractivity contribution in [3.05, 3.63) is 59.7 Å². The predicted molar refractivity (Wildman–Crippen MR) is 100 cm³/mol. The number of carbonyl (C=O) groups excluding carboxylic acids is 3. The van der Waals surface area contributed by atoms with Gasteiger partial charge in [-0.1, -0.05) is 6.07 Å². The molecule has 0 aromatic heterocycles. The van der Waals surface area contributed by atoms with E-state index in [1.54, 1.807) is 53.4 Å². The Bertz CT molecular complexity index is 934. The van der Waals surface area contributed by atoms with Crippen LogP contribution in [0.25, 0.3) is 0 Å². The molecule has 0 saturated carbocycles. The van der Waals surface area contributed by atoms with Gasteiger partial charge in [0.15, 0.2) is 6.61 Å². The van der Waals surface area contributed by atoms with E-state index in [1.807, 2.05) is 6.07 Å². The van der Waals surface area contributed by atoms with Crippen molar-refractivity contribution in [3.63, 3.8) is 0 Å². The molecule has 1 aliphatic rings. The average Bonchev–Trinajstić information content (AvgIpc) is 3.16. The lowest BCUT2D eigenvalue weighted by Crippen LogP contribution is -2.43. The van der Waals surface area contributed by atoms with E-state index in [1.165, 1.54) is 0 Å². The minimum atomic E-state index is -0.538. The van der Waals surface area contributed by atoms with Crippen LogP contribution < -0.4 is 20.5 Å². The number of hydrazine groups is 1. The molecule has 2 aromatic carbocycles. The SMILES string of the molecule is N#Cc1ccc(OCC(=O)NNC(=O)c2cccc(N3CCCC3=O)c2)cc1. The first-order valence-electron chi connectivity index (χ1n) is 8.69. The highest BCUT2D eigenvalue weighted by molar-refractivity contribution is 5.99. The van der Waals surface area contributed by atoms with E-state index in [-0.39, 0.29) is 12.5 Å². The Hall–Kier alpha value is -3.86. The van der Waals surface area contributed by atoms with Crippen molar-refractivity contribution in [2.75, 3.05) is 18.1 Å². The summed E-state index contributed by atoms with van der Waals surface area (Å²) >= 11 is 0. The second-order valence-electron chi connectivity index (χ2n) is 6.13. The van der Waals surface area contributed by atoms with Gasteiger partial charge >= 0.3 is 0 Å². The number of rotatable bonds is 5. The largest absolute Gasteiger partial charge is 0.484 e. The minimum absolute atomic E-state index is 0.0332. The third-order valence-electron chi connectivity index (χ3n) is 4.16. The van der Waals surface area contributed by atoms with E-state index in [0.717, 1.165) is 6.42 Å². The fraction of sp³-hybridized carbons (Fsp3) is 0.200. The summed E-state index contributed by atoms with van der Waals surface area (Å²) in [5, 5.41) is 8.74. The fourth-order valence-electron chi connectivity index (χ4n) is 2.75. The number of ether oxygens (including phenoxy) is 1. The van der Waals surface area contributed by atoms with Crippen molar-refractivity contribution < 1.29 is 19.1 Å². The lowest BCUT2D eigenvalue weighted by molar-refractivity contribution is -0.123. The molecule has 1 heterocycles. The maximum Gasteiger partial charge on any atom is 0.276 e. The van der Waals surface area contributed by atoms with Gasteiger partial charge in [-0.3, -0.25) is 25.2 Å². The maximum atomic E-state index is 12.2. The molecule has 8 nitrogen and oxygen atoms in total. The summed E-state index contributed by atoms with van der Waals surface area (Å²) in [6.45, 7) is 0.335. The van der Waals surface area contributed by atoms with Gasteiger partial charge in [-0.25, -0.2) is 0 Å². The molecule has 0 bridgehead atoms. The highest BCUT2D eigenvalue weighted by atomic mass is 16.5. The van der Waals surface area contributed by atoms with Gasteiger partial charge in [-0.05, 0) is 48.9 Å². The molecule has 3 rings (SSSR count). The first-order chi connectivity index (χ1) is 13.6. The van der Waals surface area contributed by atoms with E-state index in [0.29, 0.717) is 35.5 Å². The van der Waals surface area contributed by atoms with Crippen LogP contribution in [0.3, 0.4) is 0 Å². The van der Waals surface area contributed by atoms with Crippen LogP contribution in [0.4, 0.5) is 5.69 Å². The minimum Gasteiger partial charge on any atom is -0.484 e. The monoisotopic (exact) mass is 378 g/mol. The van der Waals surface area contributed by atoms with Crippen LogP contribution in [0.5, 0.6) is 5.75 Å². The van der Waals surface area contributed by atoms with E-state index >= 15 is 0 Å². The van der Waals surface area contributed by atoms with Crippen LogP contribution in [0.2, 0.25) is 0 Å². The Morgan fingerprint density at radius 3 is 2.61 bits per heavy atom. The smallest absolute Gasteiger partial charge is 0.276 e. The van der Waals surface area contributed by atoms with E-state index < -0.39 is 11.8 Å². The molecule has 1 aliphatic heterocycles. The normalized spacial score (nSPS) is 13.0. The van der Waals surface area contributed by atoms with E-state index in [2.05, 4.69) is 10.9 Å². The summed E-state index contributed by atoms with van der Waals surface area (Å²) in [5.41, 5.74) is 6.06. The zero-order valence-corrected chi connectivity index (χ0v) is 15.0. The van der Waals surface area contributed by atoms with Crippen molar-refractivity contribution in [2.24, 2.45) is 0 Å². The molecule has 142 valence electrons. The third kappa shape index (κ3) is 4.65. The van der Waals surface area contributed by atoms with Gasteiger partial charge in [-0.2, -0.15) is 5.26 Å². The van der Waals surface area contributed by atoms with Crippen LogP contribution in [0, 0.1) is 11.3 Å².